The third-order valence-electron chi connectivity index (χ3n) is 3.12. The number of hydrogen-bond donors (Lipinski definition) is 0. The van der Waals surface area contributed by atoms with Crippen molar-refractivity contribution in [3.05, 3.63) is 35.7 Å². The first-order chi connectivity index (χ1) is 11.8. The van der Waals surface area contributed by atoms with Crippen LogP contribution in [0.4, 0.5) is 13.2 Å². The van der Waals surface area contributed by atoms with Crippen molar-refractivity contribution in [1.29, 1.82) is 5.26 Å². The van der Waals surface area contributed by atoms with Crippen molar-refractivity contribution >= 4 is 5.91 Å². The second kappa shape index (κ2) is 7.49. The molecule has 0 radical (unpaired) electrons. The van der Waals surface area contributed by atoms with Gasteiger partial charge in [-0.25, -0.2) is 0 Å². The van der Waals surface area contributed by atoms with Gasteiger partial charge in [-0.3, -0.25) is 4.79 Å². The van der Waals surface area contributed by atoms with E-state index in [1.807, 2.05) is 0 Å². The highest BCUT2D eigenvalue weighted by atomic mass is 19.4. The molecular weight excluding hydrogens is 337 g/mol. The molecule has 0 aliphatic rings. The highest BCUT2D eigenvalue weighted by Gasteiger charge is 2.38. The summed E-state index contributed by atoms with van der Waals surface area (Å²) in [5, 5.41) is 11.9. The molecule has 1 heterocycles. The predicted molar refractivity (Wildman–Crippen MR) is 79.2 cm³/mol. The lowest BCUT2D eigenvalue weighted by Crippen LogP contribution is -2.30. The van der Waals surface area contributed by atoms with Gasteiger partial charge in [-0.15, -0.1) is 6.42 Å². The SMILES string of the molecule is C#CCN(Cc1ccc(-c2noc(C(F)(F)F)n2)cc1)C(=O)CC#N. The van der Waals surface area contributed by atoms with Gasteiger partial charge < -0.3 is 9.42 Å². The predicted octanol–water partition coefficient (Wildman–Crippen LogP) is 2.63. The third-order valence-corrected chi connectivity index (χ3v) is 3.12. The topological polar surface area (TPSA) is 83.0 Å². The lowest BCUT2D eigenvalue weighted by atomic mass is 10.1. The van der Waals surface area contributed by atoms with E-state index >= 15 is 0 Å². The zero-order valence-electron chi connectivity index (χ0n) is 12.7. The lowest BCUT2D eigenvalue weighted by molar-refractivity contribution is -0.159. The number of nitriles is 1. The van der Waals surface area contributed by atoms with Gasteiger partial charge in [0.1, 0.15) is 6.42 Å². The molecular formula is C16H11F3N4O2. The summed E-state index contributed by atoms with van der Waals surface area (Å²) in [6, 6.07) is 7.96. The number of rotatable bonds is 5. The number of aromatic nitrogens is 2. The molecule has 6 nitrogen and oxygen atoms in total. The van der Waals surface area contributed by atoms with Gasteiger partial charge >= 0.3 is 12.1 Å². The maximum atomic E-state index is 12.5. The maximum Gasteiger partial charge on any atom is 0.471 e. The molecule has 128 valence electrons. The summed E-state index contributed by atoms with van der Waals surface area (Å²) in [4.78, 5) is 16.4. The largest absolute Gasteiger partial charge is 0.471 e. The average Bonchev–Trinajstić information content (AvgIpc) is 3.05. The molecule has 1 aromatic heterocycles. The highest BCUT2D eigenvalue weighted by Crippen LogP contribution is 2.29. The van der Waals surface area contributed by atoms with Gasteiger partial charge in [-0.1, -0.05) is 35.3 Å². The molecule has 0 N–H and O–H groups in total. The molecule has 9 heteroatoms. The fourth-order valence-corrected chi connectivity index (χ4v) is 1.96. The molecule has 0 aliphatic carbocycles. The minimum atomic E-state index is -4.71. The van der Waals surface area contributed by atoms with Gasteiger partial charge in [0.25, 0.3) is 0 Å². The summed E-state index contributed by atoms with van der Waals surface area (Å²) in [7, 11) is 0. The Labute approximate surface area is 140 Å². The Morgan fingerprint density at radius 2 is 2.00 bits per heavy atom. The lowest BCUT2D eigenvalue weighted by Gasteiger charge is -2.19. The second-order valence-corrected chi connectivity index (χ2v) is 4.91. The third kappa shape index (κ3) is 4.58. The number of halogens is 3. The van der Waals surface area contributed by atoms with Crippen LogP contribution in [0.3, 0.4) is 0 Å². The second-order valence-electron chi connectivity index (χ2n) is 4.91. The van der Waals surface area contributed by atoms with Gasteiger partial charge in [0.05, 0.1) is 12.6 Å². The fourth-order valence-electron chi connectivity index (χ4n) is 1.96. The standard InChI is InChI=1S/C16H11F3N4O2/c1-2-9-23(13(24)7-8-20)10-11-3-5-12(6-4-11)14-21-15(25-22-14)16(17,18)19/h1,3-6H,7,9-10H2. The Balaban J connectivity index is 2.14. The number of amides is 1. The quantitative estimate of drug-likeness (QED) is 0.776. The van der Waals surface area contributed by atoms with Crippen LogP contribution in [0, 0.1) is 23.7 Å². The summed E-state index contributed by atoms with van der Waals surface area (Å²) in [6.07, 6.45) is 0.214. The first-order valence-electron chi connectivity index (χ1n) is 6.93. The van der Waals surface area contributed by atoms with Crippen molar-refractivity contribution in [2.24, 2.45) is 0 Å². The summed E-state index contributed by atoms with van der Waals surface area (Å²) in [5.41, 5.74) is 1.01. The van der Waals surface area contributed by atoms with Crippen molar-refractivity contribution in [1.82, 2.24) is 15.0 Å². The molecule has 2 aromatic rings. The zero-order valence-corrected chi connectivity index (χ0v) is 12.7. The number of carbonyl (C=O) groups excluding carboxylic acids is 1. The average molecular weight is 348 g/mol. The molecule has 2 rings (SSSR count). The van der Waals surface area contributed by atoms with E-state index in [4.69, 9.17) is 11.7 Å². The van der Waals surface area contributed by atoms with Gasteiger partial charge in [0, 0.05) is 12.1 Å². The molecule has 25 heavy (non-hydrogen) atoms. The van der Waals surface area contributed by atoms with E-state index in [0.29, 0.717) is 11.1 Å². The van der Waals surface area contributed by atoms with Crippen LogP contribution in [0.2, 0.25) is 0 Å². The smallest absolute Gasteiger partial charge is 0.329 e. The number of nitrogens with zero attached hydrogens (tertiary/aromatic N) is 4. The minimum Gasteiger partial charge on any atom is -0.329 e. The van der Waals surface area contributed by atoms with Crippen LogP contribution < -0.4 is 0 Å². The fraction of sp³-hybridized carbons (Fsp3) is 0.250. The summed E-state index contributed by atoms with van der Waals surface area (Å²) in [5.74, 6) is 0.316. The van der Waals surface area contributed by atoms with Crippen LogP contribution in [-0.2, 0) is 17.5 Å². The minimum absolute atomic E-state index is 0.0437. The van der Waals surface area contributed by atoms with Gasteiger partial charge in [0.15, 0.2) is 0 Å². The van der Waals surface area contributed by atoms with E-state index in [1.54, 1.807) is 18.2 Å². The first kappa shape index (κ1) is 18.0. The number of hydrogen-bond acceptors (Lipinski definition) is 5. The normalized spacial score (nSPS) is 10.8. The first-order valence-corrected chi connectivity index (χ1v) is 6.93. The maximum absolute atomic E-state index is 12.5. The Kier molecular flexibility index (Phi) is 5.40. The molecule has 0 fully saturated rings. The zero-order chi connectivity index (χ0) is 18.4. The summed E-state index contributed by atoms with van der Waals surface area (Å²) >= 11 is 0. The van der Waals surface area contributed by atoms with Crippen molar-refractivity contribution in [3.8, 4) is 29.8 Å². The van der Waals surface area contributed by atoms with Crippen molar-refractivity contribution < 1.29 is 22.5 Å². The Hall–Kier alpha value is -3.33. The van der Waals surface area contributed by atoms with Gasteiger partial charge in [-0.05, 0) is 5.56 Å². The number of benzene rings is 1. The van der Waals surface area contributed by atoms with Gasteiger partial charge in [0.2, 0.25) is 11.7 Å². The van der Waals surface area contributed by atoms with Crippen LogP contribution in [0.25, 0.3) is 11.4 Å². The van der Waals surface area contributed by atoms with Gasteiger partial charge in [-0.2, -0.15) is 23.4 Å². The van der Waals surface area contributed by atoms with Crippen molar-refractivity contribution in [2.45, 2.75) is 19.1 Å². The molecule has 0 spiro atoms. The van der Waals surface area contributed by atoms with E-state index in [-0.39, 0.29) is 25.3 Å². The summed E-state index contributed by atoms with van der Waals surface area (Å²) < 4.78 is 41.6. The van der Waals surface area contributed by atoms with E-state index in [0.717, 1.165) is 0 Å². The molecule has 0 bridgehead atoms. The van der Waals surface area contributed by atoms with E-state index in [1.165, 1.54) is 17.0 Å². The molecule has 0 saturated heterocycles. The van der Waals surface area contributed by atoms with Crippen LogP contribution >= 0.6 is 0 Å². The van der Waals surface area contributed by atoms with Crippen LogP contribution in [-0.4, -0.2) is 27.5 Å². The molecule has 1 amide bonds. The number of carbonyl (C=O) groups is 1. The van der Waals surface area contributed by atoms with E-state index in [9.17, 15) is 18.0 Å². The molecule has 0 aliphatic heterocycles. The molecule has 1 aromatic carbocycles. The number of alkyl halides is 3. The Bertz CT molecular complexity index is 829. The Morgan fingerprint density at radius 1 is 1.32 bits per heavy atom. The van der Waals surface area contributed by atoms with E-state index < -0.39 is 18.0 Å². The van der Waals surface area contributed by atoms with Crippen molar-refractivity contribution in [3.63, 3.8) is 0 Å². The molecule has 0 saturated carbocycles. The van der Waals surface area contributed by atoms with Crippen molar-refractivity contribution in [2.75, 3.05) is 6.54 Å². The highest BCUT2D eigenvalue weighted by molar-refractivity contribution is 5.78. The van der Waals surface area contributed by atoms with E-state index in [2.05, 4.69) is 20.6 Å². The monoisotopic (exact) mass is 348 g/mol. The molecule has 0 atom stereocenters. The van der Waals surface area contributed by atoms with Crippen LogP contribution in [0.5, 0.6) is 0 Å². The van der Waals surface area contributed by atoms with Crippen LogP contribution in [0.15, 0.2) is 28.8 Å². The molecule has 0 unspecified atom stereocenters. The van der Waals surface area contributed by atoms with Crippen LogP contribution in [0.1, 0.15) is 17.9 Å². The number of terminal acetylenes is 1. The Morgan fingerprint density at radius 3 is 2.52 bits per heavy atom. The summed E-state index contributed by atoms with van der Waals surface area (Å²) in [6.45, 7) is 0.215.